The van der Waals surface area contributed by atoms with Crippen molar-refractivity contribution in [3.63, 3.8) is 0 Å². The fourth-order valence-corrected chi connectivity index (χ4v) is 7.59. The molecule has 0 N–H and O–H groups in total. The standard InChI is InChI=1S/C44H27NO/c1-2-11-31(12-3-1)45-38-18-6-4-14-37(38)44-39(45)26-24-30-10-8-15-33(42(30)44)29-22-20-28(21-23-29)32-25-27-41-43-35(32)16-9-17-36(43)34-13-5-7-19-40(34)46-41/h1-27H. The second-order valence-corrected chi connectivity index (χ2v) is 12.1. The number of benzene rings is 8. The molecule has 1 aliphatic heterocycles. The summed E-state index contributed by atoms with van der Waals surface area (Å²) in [4.78, 5) is 0. The molecule has 10 rings (SSSR count). The van der Waals surface area contributed by atoms with Crippen molar-refractivity contribution >= 4 is 43.4 Å². The van der Waals surface area contributed by atoms with Crippen LogP contribution >= 0.6 is 0 Å². The molecular weight excluding hydrogens is 558 g/mol. The van der Waals surface area contributed by atoms with Crippen LogP contribution in [0.25, 0.3) is 82.4 Å². The molecule has 0 spiro atoms. The summed E-state index contributed by atoms with van der Waals surface area (Å²) in [7, 11) is 0. The van der Waals surface area contributed by atoms with E-state index < -0.39 is 0 Å². The van der Waals surface area contributed by atoms with Gasteiger partial charge in [-0.1, -0.05) is 127 Å². The van der Waals surface area contributed by atoms with Gasteiger partial charge >= 0.3 is 0 Å². The van der Waals surface area contributed by atoms with Crippen molar-refractivity contribution in [3.8, 4) is 50.6 Å². The number of ether oxygens (including phenoxy) is 1. The highest BCUT2D eigenvalue weighted by Gasteiger charge is 2.21. The first-order chi connectivity index (χ1) is 22.8. The van der Waals surface area contributed by atoms with Gasteiger partial charge in [-0.2, -0.15) is 0 Å². The average Bonchev–Trinajstić information content (AvgIpc) is 3.47. The Morgan fingerprint density at radius 3 is 1.93 bits per heavy atom. The molecule has 0 bridgehead atoms. The van der Waals surface area contributed by atoms with Gasteiger partial charge in [0, 0.05) is 27.4 Å². The molecule has 9 aromatic rings. The zero-order valence-corrected chi connectivity index (χ0v) is 24.9. The van der Waals surface area contributed by atoms with E-state index in [1.54, 1.807) is 0 Å². The molecule has 0 atom stereocenters. The lowest BCUT2D eigenvalue weighted by Crippen LogP contribution is -1.97. The van der Waals surface area contributed by atoms with E-state index in [4.69, 9.17) is 4.74 Å². The van der Waals surface area contributed by atoms with E-state index >= 15 is 0 Å². The Bertz CT molecular complexity index is 2650. The minimum atomic E-state index is 0.913. The van der Waals surface area contributed by atoms with Crippen molar-refractivity contribution < 1.29 is 4.74 Å². The van der Waals surface area contributed by atoms with E-state index in [1.165, 1.54) is 76.9 Å². The molecule has 2 heterocycles. The van der Waals surface area contributed by atoms with E-state index in [0.717, 1.165) is 17.1 Å². The number of hydrogen-bond donors (Lipinski definition) is 0. The Morgan fingerprint density at radius 1 is 0.348 bits per heavy atom. The normalized spacial score (nSPS) is 12.1. The fourth-order valence-electron chi connectivity index (χ4n) is 7.59. The maximum atomic E-state index is 6.35. The lowest BCUT2D eigenvalue weighted by molar-refractivity contribution is 0.487. The molecule has 0 saturated carbocycles. The highest BCUT2D eigenvalue weighted by Crippen LogP contribution is 2.48. The third-order valence-electron chi connectivity index (χ3n) is 9.60. The third-order valence-corrected chi connectivity index (χ3v) is 9.60. The Hall–Kier alpha value is -6.12. The molecule has 1 aliphatic rings. The molecule has 0 amide bonds. The molecule has 0 saturated heterocycles. The minimum Gasteiger partial charge on any atom is -0.456 e. The largest absolute Gasteiger partial charge is 0.456 e. The molecule has 1 aromatic heterocycles. The lowest BCUT2D eigenvalue weighted by atomic mass is 9.89. The number of nitrogens with zero attached hydrogens (tertiary/aromatic N) is 1. The second kappa shape index (κ2) is 9.69. The SMILES string of the molecule is c1ccc(-n2c3ccccc3c3c4c(-c5ccc(-c6ccc7c8c(cccc68)-c6ccccc6O7)cc5)cccc4ccc32)cc1. The topological polar surface area (TPSA) is 14.2 Å². The van der Waals surface area contributed by atoms with Crippen molar-refractivity contribution in [2.45, 2.75) is 0 Å². The zero-order valence-electron chi connectivity index (χ0n) is 24.9. The first-order valence-corrected chi connectivity index (χ1v) is 15.8. The molecule has 214 valence electrons. The Labute approximate surface area is 266 Å². The van der Waals surface area contributed by atoms with Crippen molar-refractivity contribution in [2.24, 2.45) is 0 Å². The van der Waals surface area contributed by atoms with Crippen LogP contribution in [0.15, 0.2) is 164 Å². The van der Waals surface area contributed by atoms with Crippen LogP contribution < -0.4 is 4.74 Å². The quantitative estimate of drug-likeness (QED) is 0.201. The summed E-state index contributed by atoms with van der Waals surface area (Å²) in [5, 5.41) is 7.47. The van der Waals surface area contributed by atoms with Gasteiger partial charge in [-0.15, -0.1) is 0 Å². The van der Waals surface area contributed by atoms with Crippen LogP contribution in [0.2, 0.25) is 0 Å². The Balaban J connectivity index is 1.16. The van der Waals surface area contributed by atoms with Gasteiger partial charge in [0.25, 0.3) is 0 Å². The van der Waals surface area contributed by atoms with Gasteiger partial charge in [0.15, 0.2) is 0 Å². The van der Waals surface area contributed by atoms with Crippen LogP contribution in [0.3, 0.4) is 0 Å². The summed E-state index contributed by atoms with van der Waals surface area (Å²) >= 11 is 0. The van der Waals surface area contributed by atoms with Gasteiger partial charge in [0.2, 0.25) is 0 Å². The lowest BCUT2D eigenvalue weighted by Gasteiger charge is -2.22. The smallest absolute Gasteiger partial charge is 0.135 e. The summed E-state index contributed by atoms with van der Waals surface area (Å²) in [5.74, 6) is 1.83. The van der Waals surface area contributed by atoms with E-state index in [-0.39, 0.29) is 0 Å². The maximum absolute atomic E-state index is 6.35. The van der Waals surface area contributed by atoms with Crippen LogP contribution in [0.4, 0.5) is 0 Å². The van der Waals surface area contributed by atoms with E-state index in [2.05, 4.69) is 156 Å². The summed E-state index contributed by atoms with van der Waals surface area (Å²) in [6.45, 7) is 0. The zero-order chi connectivity index (χ0) is 30.2. The van der Waals surface area contributed by atoms with Gasteiger partial charge in [-0.25, -0.2) is 0 Å². The molecule has 0 aliphatic carbocycles. The summed E-state index contributed by atoms with van der Waals surface area (Å²) in [5.41, 5.74) is 10.8. The molecule has 2 nitrogen and oxygen atoms in total. The van der Waals surface area contributed by atoms with Crippen LogP contribution in [0.1, 0.15) is 0 Å². The average molecular weight is 586 g/mol. The Morgan fingerprint density at radius 2 is 1.04 bits per heavy atom. The van der Waals surface area contributed by atoms with Gasteiger partial charge < -0.3 is 9.30 Å². The van der Waals surface area contributed by atoms with Crippen LogP contribution in [-0.4, -0.2) is 4.57 Å². The molecule has 0 fully saturated rings. The highest BCUT2D eigenvalue weighted by atomic mass is 16.5. The van der Waals surface area contributed by atoms with Crippen LogP contribution in [-0.2, 0) is 0 Å². The molecular formula is C44H27NO. The first-order valence-electron chi connectivity index (χ1n) is 15.8. The molecule has 46 heavy (non-hydrogen) atoms. The van der Waals surface area contributed by atoms with E-state index in [1.807, 2.05) is 12.1 Å². The Kier molecular flexibility index (Phi) is 5.31. The van der Waals surface area contributed by atoms with Crippen molar-refractivity contribution in [1.82, 2.24) is 4.57 Å². The molecule has 0 radical (unpaired) electrons. The first kappa shape index (κ1) is 25.2. The number of fused-ring (bicyclic) bond motifs is 7. The maximum Gasteiger partial charge on any atom is 0.135 e. The monoisotopic (exact) mass is 585 g/mol. The van der Waals surface area contributed by atoms with Crippen molar-refractivity contribution in [2.75, 3.05) is 0 Å². The second-order valence-electron chi connectivity index (χ2n) is 12.1. The summed E-state index contributed by atoms with van der Waals surface area (Å²) in [6.07, 6.45) is 0. The number of para-hydroxylation sites is 3. The van der Waals surface area contributed by atoms with Gasteiger partial charge in [0.1, 0.15) is 11.5 Å². The predicted octanol–water partition coefficient (Wildman–Crippen LogP) is 12.2. The molecule has 0 unspecified atom stereocenters. The van der Waals surface area contributed by atoms with Crippen molar-refractivity contribution in [1.29, 1.82) is 0 Å². The van der Waals surface area contributed by atoms with Crippen LogP contribution in [0, 0.1) is 0 Å². The number of aromatic nitrogens is 1. The minimum absolute atomic E-state index is 0.913. The van der Waals surface area contributed by atoms with E-state index in [9.17, 15) is 0 Å². The van der Waals surface area contributed by atoms with Crippen molar-refractivity contribution in [3.05, 3.63) is 164 Å². The predicted molar refractivity (Wildman–Crippen MR) is 192 cm³/mol. The number of rotatable bonds is 3. The fraction of sp³-hybridized carbons (Fsp3) is 0. The van der Waals surface area contributed by atoms with E-state index in [0.29, 0.717) is 0 Å². The third kappa shape index (κ3) is 3.59. The molecule has 2 heteroatoms. The van der Waals surface area contributed by atoms with Gasteiger partial charge in [-0.05, 0) is 80.4 Å². The van der Waals surface area contributed by atoms with Gasteiger partial charge in [-0.3, -0.25) is 0 Å². The van der Waals surface area contributed by atoms with Crippen LogP contribution in [0.5, 0.6) is 11.5 Å². The summed E-state index contributed by atoms with van der Waals surface area (Å²) < 4.78 is 8.74. The highest BCUT2D eigenvalue weighted by molar-refractivity contribution is 6.25. The summed E-state index contributed by atoms with van der Waals surface area (Å²) in [6, 6.07) is 59.0. The van der Waals surface area contributed by atoms with Gasteiger partial charge in [0.05, 0.1) is 11.0 Å². The number of hydrogen-bond acceptors (Lipinski definition) is 1. The molecule has 8 aromatic carbocycles.